The van der Waals surface area contributed by atoms with Crippen molar-refractivity contribution in [3.8, 4) is 5.75 Å². The predicted octanol–water partition coefficient (Wildman–Crippen LogP) is -0.668. The topological polar surface area (TPSA) is 74.8 Å². The third-order valence-electron chi connectivity index (χ3n) is 4.01. The third-order valence-corrected chi connectivity index (χ3v) is 4.01. The maximum atomic E-state index is 11.9. The number of quaternary nitrogens is 1. The summed E-state index contributed by atoms with van der Waals surface area (Å²) in [6.45, 7) is 6.76. The summed E-state index contributed by atoms with van der Waals surface area (Å²) in [4.78, 5) is 14.1. The number of H-pyrrole nitrogens is 1. The van der Waals surface area contributed by atoms with Crippen molar-refractivity contribution >= 4 is 5.69 Å². The first-order valence-electron chi connectivity index (χ1n) is 6.95. The van der Waals surface area contributed by atoms with Crippen LogP contribution in [0.25, 0.3) is 0 Å². The van der Waals surface area contributed by atoms with Crippen LogP contribution in [0.15, 0.2) is 11.0 Å². The largest absolute Gasteiger partial charge is 0.486 e. The lowest BCUT2D eigenvalue weighted by Crippen LogP contribution is -2.89. The van der Waals surface area contributed by atoms with Gasteiger partial charge in [0, 0.05) is 5.41 Å². The summed E-state index contributed by atoms with van der Waals surface area (Å²) in [5, 5.41) is 8.66. The number of rotatable bonds is 4. The standard InChI is InChI=1S/C13H20N4O2/c1-13(2-3-13)9-19-11-10(8-15-16-12(11)18)17-6-4-14-5-7-17/h8,14H,2-7,9H2,1H3,(H,16,18)/p+1. The number of hydrogen-bond donors (Lipinski definition) is 2. The van der Waals surface area contributed by atoms with Gasteiger partial charge in [0.25, 0.3) is 0 Å². The van der Waals surface area contributed by atoms with Crippen LogP contribution in [0.3, 0.4) is 0 Å². The van der Waals surface area contributed by atoms with Gasteiger partial charge in [-0.05, 0) is 12.8 Å². The van der Waals surface area contributed by atoms with Crippen LogP contribution in [0.5, 0.6) is 5.75 Å². The van der Waals surface area contributed by atoms with Gasteiger partial charge in [-0.15, -0.1) is 0 Å². The van der Waals surface area contributed by atoms with Gasteiger partial charge in [-0.2, -0.15) is 5.10 Å². The molecule has 104 valence electrons. The molecule has 0 spiro atoms. The summed E-state index contributed by atoms with van der Waals surface area (Å²) in [5.41, 5.74) is 0.875. The molecule has 0 bridgehead atoms. The molecular weight excluding hydrogens is 244 g/mol. The van der Waals surface area contributed by atoms with Gasteiger partial charge < -0.3 is 15.0 Å². The van der Waals surface area contributed by atoms with Gasteiger partial charge in [-0.25, -0.2) is 5.10 Å². The Balaban J connectivity index is 1.81. The van der Waals surface area contributed by atoms with Crippen LogP contribution in [-0.4, -0.2) is 43.0 Å². The number of nitrogens with one attached hydrogen (secondary N) is 1. The second-order valence-electron chi connectivity index (χ2n) is 5.87. The van der Waals surface area contributed by atoms with E-state index >= 15 is 0 Å². The average Bonchev–Trinajstić information content (AvgIpc) is 3.16. The average molecular weight is 265 g/mol. The molecule has 0 aromatic carbocycles. The molecule has 0 unspecified atom stereocenters. The Labute approximate surface area is 112 Å². The number of nitrogens with two attached hydrogens (primary N) is 1. The van der Waals surface area contributed by atoms with Crippen molar-refractivity contribution < 1.29 is 10.1 Å². The zero-order valence-electron chi connectivity index (χ0n) is 11.3. The van der Waals surface area contributed by atoms with Crippen molar-refractivity contribution in [1.29, 1.82) is 0 Å². The van der Waals surface area contributed by atoms with E-state index in [-0.39, 0.29) is 11.0 Å². The lowest BCUT2D eigenvalue weighted by molar-refractivity contribution is -0.655. The van der Waals surface area contributed by atoms with E-state index in [9.17, 15) is 4.79 Å². The van der Waals surface area contributed by atoms with Crippen LogP contribution in [-0.2, 0) is 0 Å². The zero-order chi connectivity index (χ0) is 13.3. The number of piperazine rings is 1. The first-order valence-corrected chi connectivity index (χ1v) is 6.95. The Kier molecular flexibility index (Phi) is 3.18. The molecule has 0 radical (unpaired) electrons. The van der Waals surface area contributed by atoms with Crippen molar-refractivity contribution in [3.63, 3.8) is 0 Å². The van der Waals surface area contributed by atoms with E-state index in [0.717, 1.165) is 31.9 Å². The van der Waals surface area contributed by atoms with E-state index in [1.165, 1.54) is 12.8 Å². The van der Waals surface area contributed by atoms with Gasteiger partial charge >= 0.3 is 5.56 Å². The van der Waals surface area contributed by atoms with E-state index in [4.69, 9.17) is 4.74 Å². The minimum absolute atomic E-state index is 0.226. The lowest BCUT2D eigenvalue weighted by atomic mass is 10.2. The molecule has 0 amide bonds. The number of anilines is 1. The van der Waals surface area contributed by atoms with Crippen LogP contribution in [0.1, 0.15) is 19.8 Å². The molecule has 1 aromatic rings. The maximum absolute atomic E-state index is 11.9. The van der Waals surface area contributed by atoms with Crippen LogP contribution in [0.2, 0.25) is 0 Å². The second kappa shape index (κ2) is 4.85. The molecule has 2 heterocycles. The highest BCUT2D eigenvalue weighted by Gasteiger charge is 2.38. The van der Waals surface area contributed by atoms with Crippen LogP contribution in [0, 0.1) is 5.41 Å². The van der Waals surface area contributed by atoms with Gasteiger partial charge in [-0.3, -0.25) is 4.79 Å². The highest BCUT2D eigenvalue weighted by atomic mass is 16.5. The molecule has 0 atom stereocenters. The van der Waals surface area contributed by atoms with E-state index < -0.39 is 0 Å². The Morgan fingerprint density at radius 3 is 2.89 bits per heavy atom. The Morgan fingerprint density at radius 1 is 1.47 bits per heavy atom. The fourth-order valence-corrected chi connectivity index (χ4v) is 2.34. The molecule has 3 rings (SSSR count). The molecule has 1 saturated heterocycles. The third kappa shape index (κ3) is 2.73. The van der Waals surface area contributed by atoms with Crippen molar-refractivity contribution in [2.45, 2.75) is 19.8 Å². The summed E-state index contributed by atoms with van der Waals surface area (Å²) in [7, 11) is 0. The number of aromatic nitrogens is 2. The quantitative estimate of drug-likeness (QED) is 0.757. The van der Waals surface area contributed by atoms with Gasteiger partial charge in [0.05, 0.1) is 39.0 Å². The molecule has 2 fully saturated rings. The Hall–Kier alpha value is -1.56. The summed E-state index contributed by atoms with van der Waals surface area (Å²) < 4.78 is 5.81. The molecular formula is C13H21N4O2+. The minimum atomic E-state index is -0.226. The fraction of sp³-hybridized carbons (Fsp3) is 0.692. The molecule has 3 N–H and O–H groups in total. The molecule has 6 heteroatoms. The van der Waals surface area contributed by atoms with Crippen LogP contribution >= 0.6 is 0 Å². The summed E-state index contributed by atoms with van der Waals surface area (Å²) in [5.74, 6) is 0.435. The first-order chi connectivity index (χ1) is 9.18. The molecule has 2 aliphatic rings. The van der Waals surface area contributed by atoms with E-state index in [2.05, 4.69) is 27.3 Å². The number of aromatic amines is 1. The monoisotopic (exact) mass is 265 g/mol. The zero-order valence-corrected chi connectivity index (χ0v) is 11.3. The highest BCUT2D eigenvalue weighted by molar-refractivity contribution is 5.55. The number of ether oxygens (including phenoxy) is 1. The molecule has 1 saturated carbocycles. The van der Waals surface area contributed by atoms with Crippen LogP contribution < -0.4 is 20.5 Å². The molecule has 1 aromatic heterocycles. The van der Waals surface area contributed by atoms with E-state index in [0.29, 0.717) is 12.4 Å². The van der Waals surface area contributed by atoms with Crippen molar-refractivity contribution in [2.24, 2.45) is 5.41 Å². The van der Waals surface area contributed by atoms with Crippen molar-refractivity contribution in [3.05, 3.63) is 16.6 Å². The van der Waals surface area contributed by atoms with Crippen molar-refractivity contribution in [2.75, 3.05) is 37.7 Å². The normalized spacial score (nSPS) is 21.2. The predicted molar refractivity (Wildman–Crippen MR) is 71.6 cm³/mol. The summed E-state index contributed by atoms with van der Waals surface area (Å²) >= 11 is 0. The van der Waals surface area contributed by atoms with Gasteiger partial charge in [0.15, 0.2) is 0 Å². The Morgan fingerprint density at radius 2 is 2.21 bits per heavy atom. The maximum Gasteiger partial charge on any atom is 0.308 e. The smallest absolute Gasteiger partial charge is 0.308 e. The SMILES string of the molecule is CC1(COc2c(N3CC[NH2+]CC3)cn[nH]c2=O)CC1. The first kappa shape index (κ1) is 12.5. The van der Waals surface area contributed by atoms with Gasteiger partial charge in [0.1, 0.15) is 5.69 Å². The highest BCUT2D eigenvalue weighted by Crippen LogP contribution is 2.45. The minimum Gasteiger partial charge on any atom is -0.486 e. The molecule has 19 heavy (non-hydrogen) atoms. The summed E-state index contributed by atoms with van der Waals surface area (Å²) in [6, 6.07) is 0. The van der Waals surface area contributed by atoms with Gasteiger partial charge in [-0.1, -0.05) is 6.92 Å². The lowest BCUT2D eigenvalue weighted by Gasteiger charge is -2.28. The number of hydrogen-bond acceptors (Lipinski definition) is 4. The number of nitrogens with zero attached hydrogens (tertiary/aromatic N) is 2. The fourth-order valence-electron chi connectivity index (χ4n) is 2.34. The van der Waals surface area contributed by atoms with Crippen molar-refractivity contribution in [1.82, 2.24) is 10.2 Å². The van der Waals surface area contributed by atoms with Crippen LogP contribution in [0.4, 0.5) is 5.69 Å². The Bertz CT molecular complexity index is 504. The van der Waals surface area contributed by atoms with E-state index in [1.807, 2.05) is 0 Å². The molecule has 1 aliphatic carbocycles. The second-order valence-corrected chi connectivity index (χ2v) is 5.87. The van der Waals surface area contributed by atoms with Gasteiger partial charge in [0.2, 0.25) is 5.75 Å². The molecule has 6 nitrogen and oxygen atoms in total. The summed E-state index contributed by atoms with van der Waals surface area (Å²) in [6.07, 6.45) is 4.07. The molecule has 1 aliphatic heterocycles. The van der Waals surface area contributed by atoms with E-state index in [1.54, 1.807) is 6.20 Å².